The molecule has 0 aliphatic carbocycles. The van der Waals surface area contributed by atoms with E-state index < -0.39 is 11.7 Å². The molecule has 4 nitrogen and oxygen atoms in total. The van der Waals surface area contributed by atoms with Crippen LogP contribution in [-0.4, -0.2) is 26.1 Å². The van der Waals surface area contributed by atoms with Gasteiger partial charge in [0.15, 0.2) is 5.11 Å². The van der Waals surface area contributed by atoms with Crippen LogP contribution < -0.4 is 5.32 Å². The summed E-state index contributed by atoms with van der Waals surface area (Å²) in [5, 5.41) is 3.36. The summed E-state index contributed by atoms with van der Waals surface area (Å²) in [6.45, 7) is 1.38. The van der Waals surface area contributed by atoms with Gasteiger partial charge in [0.1, 0.15) is 0 Å². The molecule has 0 fully saturated rings. The topological polar surface area (TPSA) is 33.1 Å². The fourth-order valence-corrected chi connectivity index (χ4v) is 3.78. The molecule has 3 heterocycles. The number of nitrogens with zero attached hydrogens (tertiary/aromatic N) is 3. The third-order valence-corrected chi connectivity index (χ3v) is 5.10. The molecule has 0 unspecified atom stereocenters. The van der Waals surface area contributed by atoms with Crippen LogP contribution in [0.5, 0.6) is 0 Å². The van der Waals surface area contributed by atoms with Crippen molar-refractivity contribution in [3.8, 4) is 0 Å². The minimum atomic E-state index is -4.40. The largest absolute Gasteiger partial charge is 0.416 e. The number of alkyl halides is 3. The average Bonchev–Trinajstić information content (AvgIpc) is 3.16. The van der Waals surface area contributed by atoms with E-state index in [2.05, 4.69) is 14.9 Å². The van der Waals surface area contributed by atoms with Crippen molar-refractivity contribution in [1.82, 2.24) is 14.5 Å². The molecule has 144 valence electrons. The molecule has 2 aromatic heterocycles. The molecule has 28 heavy (non-hydrogen) atoms. The van der Waals surface area contributed by atoms with Gasteiger partial charge in [0.25, 0.3) is 0 Å². The van der Waals surface area contributed by atoms with Crippen LogP contribution in [0.4, 0.5) is 18.9 Å². The van der Waals surface area contributed by atoms with Crippen LogP contribution >= 0.6 is 12.2 Å². The zero-order chi connectivity index (χ0) is 19.7. The molecular weight excluding hydrogens is 385 g/mol. The third kappa shape index (κ3) is 3.60. The van der Waals surface area contributed by atoms with E-state index in [1.807, 2.05) is 35.4 Å². The fourth-order valence-electron chi connectivity index (χ4n) is 3.47. The van der Waals surface area contributed by atoms with Crippen LogP contribution in [0.15, 0.2) is 67.1 Å². The number of thiocarbonyl (C=S) groups is 1. The van der Waals surface area contributed by atoms with Gasteiger partial charge in [-0.05, 0) is 60.2 Å². The van der Waals surface area contributed by atoms with Crippen molar-refractivity contribution in [1.29, 1.82) is 0 Å². The van der Waals surface area contributed by atoms with Gasteiger partial charge in [-0.25, -0.2) is 0 Å². The molecule has 1 aromatic carbocycles. The number of halogens is 3. The number of nitrogens with one attached hydrogen (secondary N) is 1. The first-order chi connectivity index (χ1) is 13.4. The summed E-state index contributed by atoms with van der Waals surface area (Å²) in [7, 11) is 0. The van der Waals surface area contributed by atoms with Gasteiger partial charge in [0.2, 0.25) is 0 Å². The van der Waals surface area contributed by atoms with Crippen LogP contribution in [-0.2, 0) is 12.7 Å². The number of fused-ring (bicyclic) bond motifs is 1. The summed E-state index contributed by atoms with van der Waals surface area (Å²) in [5.41, 5.74) is 1.70. The highest BCUT2D eigenvalue weighted by Gasteiger charge is 2.32. The van der Waals surface area contributed by atoms with Crippen LogP contribution in [0.1, 0.15) is 22.9 Å². The molecule has 1 atom stereocenters. The highest BCUT2D eigenvalue weighted by molar-refractivity contribution is 7.80. The second-order valence-electron chi connectivity index (χ2n) is 6.51. The van der Waals surface area contributed by atoms with Gasteiger partial charge in [-0.3, -0.25) is 4.98 Å². The lowest BCUT2D eigenvalue weighted by Crippen LogP contribution is -2.44. The molecule has 1 N–H and O–H groups in total. The molecule has 0 saturated heterocycles. The van der Waals surface area contributed by atoms with Crippen molar-refractivity contribution in [2.75, 3.05) is 11.9 Å². The molecule has 1 aliphatic heterocycles. The van der Waals surface area contributed by atoms with Crippen LogP contribution in [0.2, 0.25) is 0 Å². The molecular formula is C20H17F3N4S. The summed E-state index contributed by atoms with van der Waals surface area (Å²) in [6.07, 6.45) is 1.06. The lowest BCUT2D eigenvalue weighted by atomic mass is 10.0. The molecule has 1 aliphatic rings. The van der Waals surface area contributed by atoms with E-state index in [1.165, 1.54) is 6.07 Å². The summed E-state index contributed by atoms with van der Waals surface area (Å²) in [5.74, 6) is 0. The van der Waals surface area contributed by atoms with Crippen molar-refractivity contribution in [3.63, 3.8) is 0 Å². The molecule has 0 radical (unpaired) electrons. The fraction of sp³-hybridized carbons (Fsp3) is 0.200. The maximum atomic E-state index is 13.0. The SMILES string of the molecule is FC(F)(F)c1cccc(NC(=S)N2CCn3cccc3[C@@H]2c2ccncc2)c1. The first-order valence-electron chi connectivity index (χ1n) is 8.73. The molecule has 0 spiro atoms. The van der Waals surface area contributed by atoms with Gasteiger partial charge >= 0.3 is 6.18 Å². The second-order valence-corrected chi connectivity index (χ2v) is 6.90. The first-order valence-corrected chi connectivity index (χ1v) is 9.14. The molecule has 8 heteroatoms. The Balaban J connectivity index is 1.63. The van der Waals surface area contributed by atoms with Crippen molar-refractivity contribution in [3.05, 3.63) is 83.9 Å². The number of benzene rings is 1. The molecule has 0 bridgehead atoms. The maximum absolute atomic E-state index is 13.0. The van der Waals surface area contributed by atoms with E-state index in [0.29, 0.717) is 17.3 Å². The number of hydrogen-bond donors (Lipinski definition) is 1. The van der Waals surface area contributed by atoms with Crippen molar-refractivity contribution >= 4 is 23.0 Å². The summed E-state index contributed by atoms with van der Waals surface area (Å²) in [4.78, 5) is 6.07. The van der Waals surface area contributed by atoms with E-state index in [0.717, 1.165) is 29.9 Å². The van der Waals surface area contributed by atoms with Gasteiger partial charge in [0.05, 0.1) is 11.6 Å². The lowest BCUT2D eigenvalue weighted by Gasteiger charge is -2.39. The van der Waals surface area contributed by atoms with E-state index in [9.17, 15) is 13.2 Å². The van der Waals surface area contributed by atoms with Crippen LogP contribution in [0.25, 0.3) is 0 Å². The van der Waals surface area contributed by atoms with Gasteiger partial charge in [-0.15, -0.1) is 0 Å². The monoisotopic (exact) mass is 402 g/mol. The van der Waals surface area contributed by atoms with E-state index >= 15 is 0 Å². The Morgan fingerprint density at radius 2 is 1.86 bits per heavy atom. The highest BCUT2D eigenvalue weighted by Crippen LogP contribution is 2.34. The minimum Gasteiger partial charge on any atom is -0.348 e. The standard InChI is InChI=1S/C20H17F3N4S/c21-20(22,23)15-3-1-4-16(13-15)25-19(28)27-12-11-26-10-2-5-17(26)18(27)14-6-8-24-9-7-14/h1-10,13,18H,11-12H2,(H,25,28)/t18-/m0/s1. The average molecular weight is 402 g/mol. The Labute approximate surface area is 165 Å². The number of anilines is 1. The van der Waals surface area contributed by atoms with Crippen molar-refractivity contribution in [2.45, 2.75) is 18.8 Å². The smallest absolute Gasteiger partial charge is 0.348 e. The zero-order valence-electron chi connectivity index (χ0n) is 14.7. The van der Waals surface area contributed by atoms with Crippen molar-refractivity contribution in [2.24, 2.45) is 0 Å². The normalized spacial score (nSPS) is 16.5. The van der Waals surface area contributed by atoms with Gasteiger partial charge in [-0.1, -0.05) is 6.07 Å². The highest BCUT2D eigenvalue weighted by atomic mass is 32.1. The summed E-state index contributed by atoms with van der Waals surface area (Å²) < 4.78 is 41.1. The minimum absolute atomic E-state index is 0.141. The quantitative estimate of drug-likeness (QED) is 0.630. The summed E-state index contributed by atoms with van der Waals surface area (Å²) >= 11 is 5.58. The second kappa shape index (κ2) is 7.27. The molecule has 0 amide bonds. The van der Waals surface area contributed by atoms with E-state index in [4.69, 9.17) is 12.2 Å². The first kappa shape index (κ1) is 18.5. The number of rotatable bonds is 2. The van der Waals surface area contributed by atoms with Gasteiger partial charge in [-0.2, -0.15) is 13.2 Å². The van der Waals surface area contributed by atoms with Gasteiger partial charge < -0.3 is 14.8 Å². The molecule has 3 aromatic rings. The Morgan fingerprint density at radius 3 is 2.61 bits per heavy atom. The number of hydrogen-bond acceptors (Lipinski definition) is 2. The summed E-state index contributed by atoms with van der Waals surface area (Å²) in [6, 6.07) is 12.8. The van der Waals surface area contributed by atoms with Crippen LogP contribution in [0, 0.1) is 0 Å². The Hall–Kier alpha value is -2.87. The molecule has 4 rings (SSSR count). The number of pyridine rings is 1. The Kier molecular flexibility index (Phi) is 4.80. The van der Waals surface area contributed by atoms with Gasteiger partial charge in [0, 0.05) is 43.1 Å². The lowest BCUT2D eigenvalue weighted by molar-refractivity contribution is -0.137. The third-order valence-electron chi connectivity index (χ3n) is 4.76. The van der Waals surface area contributed by atoms with Crippen molar-refractivity contribution < 1.29 is 13.2 Å². The van der Waals surface area contributed by atoms with Crippen LogP contribution in [0.3, 0.4) is 0 Å². The zero-order valence-corrected chi connectivity index (χ0v) is 15.5. The molecule has 0 saturated carbocycles. The Morgan fingerprint density at radius 1 is 1.07 bits per heavy atom. The predicted octanol–water partition coefficient (Wildman–Crippen LogP) is 4.70. The predicted molar refractivity (Wildman–Crippen MR) is 105 cm³/mol. The maximum Gasteiger partial charge on any atom is 0.416 e. The number of aromatic nitrogens is 2. The van der Waals surface area contributed by atoms with E-state index in [1.54, 1.807) is 18.5 Å². The Bertz CT molecular complexity index is 984. The van der Waals surface area contributed by atoms with E-state index in [-0.39, 0.29) is 6.04 Å².